The average molecular weight is 373 g/mol. The van der Waals surface area contributed by atoms with Gasteiger partial charge in [-0.15, -0.1) is 12.4 Å². The molecule has 0 amide bonds. The molecule has 2 fully saturated rings. The minimum absolute atomic E-state index is 0. The third-order valence-corrected chi connectivity index (χ3v) is 6.22. The van der Waals surface area contributed by atoms with Gasteiger partial charge in [0.15, 0.2) is 0 Å². The van der Waals surface area contributed by atoms with E-state index in [2.05, 4.69) is 6.08 Å². The molecule has 1 saturated heterocycles. The zero-order valence-corrected chi connectivity index (χ0v) is 15.5. The predicted molar refractivity (Wildman–Crippen MR) is 97.6 cm³/mol. The normalized spacial score (nSPS) is 20.8. The van der Waals surface area contributed by atoms with Crippen molar-refractivity contribution in [3.8, 4) is 0 Å². The molecule has 2 aliphatic rings. The van der Waals surface area contributed by atoms with E-state index < -0.39 is 10.0 Å². The summed E-state index contributed by atoms with van der Waals surface area (Å²) < 4.78 is 32.3. The summed E-state index contributed by atoms with van der Waals surface area (Å²) in [6, 6.07) is 5.12. The van der Waals surface area contributed by atoms with Crippen LogP contribution in [0.1, 0.15) is 36.9 Å². The molecule has 1 aromatic rings. The molecule has 1 aliphatic carbocycles. The molecule has 2 N–H and O–H groups in total. The van der Waals surface area contributed by atoms with Gasteiger partial charge in [0, 0.05) is 19.1 Å². The van der Waals surface area contributed by atoms with Crippen LogP contribution >= 0.6 is 12.4 Å². The highest BCUT2D eigenvalue weighted by atomic mass is 35.5. The van der Waals surface area contributed by atoms with Crippen molar-refractivity contribution in [3.05, 3.63) is 35.4 Å². The Morgan fingerprint density at radius 1 is 1.29 bits per heavy atom. The molecule has 1 heterocycles. The maximum Gasteiger partial charge on any atom is 0.243 e. The van der Waals surface area contributed by atoms with Crippen molar-refractivity contribution in [2.75, 3.05) is 26.3 Å². The van der Waals surface area contributed by atoms with Crippen molar-refractivity contribution in [1.29, 1.82) is 0 Å². The smallest absolute Gasteiger partial charge is 0.243 e. The van der Waals surface area contributed by atoms with Gasteiger partial charge in [0.1, 0.15) is 0 Å². The van der Waals surface area contributed by atoms with Gasteiger partial charge in [0.25, 0.3) is 0 Å². The molecule has 5 nitrogen and oxygen atoms in total. The Labute approximate surface area is 150 Å². The summed E-state index contributed by atoms with van der Waals surface area (Å²) in [6.07, 6.45) is 6.62. The van der Waals surface area contributed by atoms with Crippen molar-refractivity contribution in [2.45, 2.75) is 30.7 Å². The Hall–Kier alpha value is -0.920. The highest BCUT2D eigenvalue weighted by Crippen LogP contribution is 2.32. The number of benzene rings is 1. The molecule has 3 rings (SSSR count). The summed E-state index contributed by atoms with van der Waals surface area (Å²) in [5.41, 5.74) is 7.91. The molecule has 134 valence electrons. The number of nitrogens with two attached hydrogens (primary N) is 1. The second-order valence-electron chi connectivity index (χ2n) is 6.29. The summed E-state index contributed by atoms with van der Waals surface area (Å²) in [5, 5.41) is 0. The van der Waals surface area contributed by atoms with Crippen molar-refractivity contribution in [3.63, 3.8) is 0 Å². The quantitative estimate of drug-likeness (QED) is 0.862. The van der Waals surface area contributed by atoms with Gasteiger partial charge in [-0.3, -0.25) is 0 Å². The lowest BCUT2D eigenvalue weighted by atomic mass is 10.0. The van der Waals surface area contributed by atoms with Crippen LogP contribution in [0.2, 0.25) is 0 Å². The van der Waals surface area contributed by atoms with Crippen LogP contribution in [0.15, 0.2) is 29.2 Å². The maximum absolute atomic E-state index is 12.8. The summed E-state index contributed by atoms with van der Waals surface area (Å²) in [4.78, 5) is 0.333. The highest BCUT2D eigenvalue weighted by Gasteiger charge is 2.27. The SMILES string of the molecule is C[C@H](N)c1ccc(S(=O)(=O)N2CCOCC2)cc1/C=C/C1CC1.Cl. The molecule has 0 bridgehead atoms. The molecule has 1 aromatic carbocycles. The number of hydrogen-bond donors (Lipinski definition) is 1. The van der Waals surface area contributed by atoms with Gasteiger partial charge in [-0.05, 0) is 48.9 Å². The predicted octanol–water partition coefficient (Wildman–Crippen LogP) is 2.57. The van der Waals surface area contributed by atoms with Gasteiger partial charge in [-0.2, -0.15) is 4.31 Å². The van der Waals surface area contributed by atoms with Crippen LogP contribution < -0.4 is 5.73 Å². The van der Waals surface area contributed by atoms with Crippen LogP contribution in [0.25, 0.3) is 6.08 Å². The number of morpholine rings is 1. The van der Waals surface area contributed by atoms with E-state index in [4.69, 9.17) is 10.5 Å². The van der Waals surface area contributed by atoms with Gasteiger partial charge in [0.2, 0.25) is 10.0 Å². The molecule has 1 atom stereocenters. The lowest BCUT2D eigenvalue weighted by Crippen LogP contribution is -2.40. The number of allylic oxidation sites excluding steroid dienone is 1. The fourth-order valence-electron chi connectivity index (χ4n) is 2.74. The third-order valence-electron chi connectivity index (χ3n) is 4.33. The lowest BCUT2D eigenvalue weighted by molar-refractivity contribution is 0.0730. The molecule has 24 heavy (non-hydrogen) atoms. The highest BCUT2D eigenvalue weighted by molar-refractivity contribution is 7.89. The van der Waals surface area contributed by atoms with E-state index in [-0.39, 0.29) is 18.4 Å². The topological polar surface area (TPSA) is 72.6 Å². The van der Waals surface area contributed by atoms with Crippen molar-refractivity contribution < 1.29 is 13.2 Å². The number of halogens is 1. The van der Waals surface area contributed by atoms with E-state index in [1.165, 1.54) is 17.1 Å². The zero-order chi connectivity index (χ0) is 16.4. The Morgan fingerprint density at radius 2 is 1.96 bits per heavy atom. The fourth-order valence-corrected chi connectivity index (χ4v) is 4.18. The largest absolute Gasteiger partial charge is 0.379 e. The first-order valence-electron chi connectivity index (χ1n) is 8.14. The molecule has 0 unspecified atom stereocenters. The molecular weight excluding hydrogens is 348 g/mol. The van der Waals surface area contributed by atoms with Crippen LogP contribution in [0.3, 0.4) is 0 Å². The summed E-state index contributed by atoms with van der Waals surface area (Å²) >= 11 is 0. The van der Waals surface area contributed by atoms with Crippen LogP contribution in [0, 0.1) is 5.92 Å². The Kier molecular flexibility index (Phi) is 6.45. The number of sulfonamides is 1. The van der Waals surface area contributed by atoms with Crippen molar-refractivity contribution in [1.82, 2.24) is 4.31 Å². The minimum atomic E-state index is -3.47. The second-order valence-corrected chi connectivity index (χ2v) is 8.23. The van der Waals surface area contributed by atoms with Gasteiger partial charge in [-0.1, -0.05) is 18.2 Å². The molecule has 0 radical (unpaired) electrons. The monoisotopic (exact) mass is 372 g/mol. The fraction of sp³-hybridized carbons (Fsp3) is 0.529. The first-order chi connectivity index (χ1) is 11.0. The minimum Gasteiger partial charge on any atom is -0.379 e. The average Bonchev–Trinajstić information content (AvgIpc) is 3.37. The summed E-state index contributed by atoms with van der Waals surface area (Å²) in [7, 11) is -3.47. The third kappa shape index (κ3) is 4.37. The first-order valence-corrected chi connectivity index (χ1v) is 9.58. The van der Waals surface area contributed by atoms with E-state index in [0.29, 0.717) is 37.1 Å². The molecule has 1 saturated carbocycles. The van der Waals surface area contributed by atoms with Gasteiger partial charge in [-0.25, -0.2) is 8.42 Å². The van der Waals surface area contributed by atoms with Gasteiger partial charge >= 0.3 is 0 Å². The standard InChI is InChI=1S/C17H24N2O3S.ClH/c1-13(18)17-7-6-16(12-15(17)5-4-14-2-3-14)23(20,21)19-8-10-22-11-9-19;/h4-7,12-14H,2-3,8-11,18H2,1H3;1H/b5-4+;/t13-;/m0./s1. The number of rotatable bonds is 5. The van der Waals surface area contributed by atoms with Crippen molar-refractivity contribution in [2.24, 2.45) is 11.7 Å². The van der Waals surface area contributed by atoms with Gasteiger partial charge in [0.05, 0.1) is 18.1 Å². The molecule has 1 aliphatic heterocycles. The van der Waals surface area contributed by atoms with Crippen LogP contribution in [0.4, 0.5) is 0 Å². The second kappa shape index (κ2) is 7.97. The molecule has 7 heteroatoms. The first kappa shape index (κ1) is 19.4. The van der Waals surface area contributed by atoms with Gasteiger partial charge < -0.3 is 10.5 Å². The zero-order valence-electron chi connectivity index (χ0n) is 13.8. The molecular formula is C17H25ClN2O3S. The summed E-state index contributed by atoms with van der Waals surface area (Å²) in [5.74, 6) is 0.635. The van der Waals surface area contributed by atoms with E-state index >= 15 is 0 Å². The molecule has 0 spiro atoms. The van der Waals surface area contributed by atoms with E-state index in [1.807, 2.05) is 19.1 Å². The van der Waals surface area contributed by atoms with E-state index in [1.54, 1.807) is 12.1 Å². The number of nitrogens with zero attached hydrogens (tertiary/aromatic N) is 1. The Balaban J connectivity index is 0.00000208. The Bertz CT molecular complexity index is 694. The lowest BCUT2D eigenvalue weighted by Gasteiger charge is -2.26. The van der Waals surface area contributed by atoms with Crippen molar-refractivity contribution >= 4 is 28.5 Å². The Morgan fingerprint density at radius 3 is 2.54 bits per heavy atom. The van der Waals surface area contributed by atoms with Crippen LogP contribution in [0.5, 0.6) is 0 Å². The van der Waals surface area contributed by atoms with Crippen LogP contribution in [-0.4, -0.2) is 39.0 Å². The maximum atomic E-state index is 12.8. The number of ether oxygens (including phenoxy) is 1. The van der Waals surface area contributed by atoms with Crippen LogP contribution in [-0.2, 0) is 14.8 Å². The van der Waals surface area contributed by atoms with E-state index in [0.717, 1.165) is 11.1 Å². The van der Waals surface area contributed by atoms with E-state index in [9.17, 15) is 8.42 Å². The summed E-state index contributed by atoms with van der Waals surface area (Å²) in [6.45, 7) is 3.63. The number of hydrogen-bond acceptors (Lipinski definition) is 4. The molecule has 0 aromatic heterocycles.